The molecule has 0 bridgehead atoms. The van der Waals surface area contributed by atoms with E-state index in [4.69, 9.17) is 5.11 Å². The standard InChI is InChI=1S/C7H9N3O5/c1-7(13,6(11)12)4-9-3-2-5(8-9)10(14)15/h2-3,13H,4H2,1H3,(H,11,12). The van der Waals surface area contributed by atoms with Gasteiger partial charge in [0.25, 0.3) is 0 Å². The van der Waals surface area contributed by atoms with Gasteiger partial charge in [-0.2, -0.15) is 4.68 Å². The average Bonchev–Trinajstić information content (AvgIpc) is 2.51. The van der Waals surface area contributed by atoms with Crippen molar-refractivity contribution in [3.8, 4) is 0 Å². The molecule has 1 unspecified atom stereocenters. The van der Waals surface area contributed by atoms with Gasteiger partial charge in [-0.05, 0) is 11.8 Å². The first-order chi connectivity index (χ1) is 6.83. The smallest absolute Gasteiger partial charge is 0.389 e. The van der Waals surface area contributed by atoms with E-state index in [1.54, 1.807) is 0 Å². The Morgan fingerprint density at radius 1 is 1.80 bits per heavy atom. The number of carboxylic acids is 1. The largest absolute Gasteiger partial charge is 0.479 e. The number of aliphatic hydroxyl groups is 1. The number of nitrogens with zero attached hydrogens (tertiary/aromatic N) is 3. The number of rotatable bonds is 4. The van der Waals surface area contributed by atoms with Crippen LogP contribution < -0.4 is 0 Å². The zero-order valence-corrected chi connectivity index (χ0v) is 7.82. The van der Waals surface area contributed by atoms with Crippen LogP contribution in [0.15, 0.2) is 12.3 Å². The zero-order chi connectivity index (χ0) is 11.6. The Balaban J connectivity index is 2.82. The molecule has 1 rings (SSSR count). The fraction of sp³-hybridized carbons (Fsp3) is 0.429. The maximum Gasteiger partial charge on any atom is 0.389 e. The summed E-state index contributed by atoms with van der Waals surface area (Å²) < 4.78 is 1.01. The van der Waals surface area contributed by atoms with Gasteiger partial charge in [0.2, 0.25) is 0 Å². The summed E-state index contributed by atoms with van der Waals surface area (Å²) in [6.07, 6.45) is 1.23. The molecule has 0 saturated carbocycles. The number of carbonyl (C=O) groups is 1. The Morgan fingerprint density at radius 2 is 2.40 bits per heavy atom. The van der Waals surface area contributed by atoms with E-state index in [9.17, 15) is 20.0 Å². The van der Waals surface area contributed by atoms with Crippen LogP contribution in [0.25, 0.3) is 0 Å². The van der Waals surface area contributed by atoms with E-state index in [-0.39, 0.29) is 6.54 Å². The minimum atomic E-state index is -2.00. The third-order valence-corrected chi connectivity index (χ3v) is 1.74. The number of aromatic nitrogens is 2. The Kier molecular flexibility index (Phi) is 2.71. The molecule has 0 spiro atoms. The van der Waals surface area contributed by atoms with E-state index in [1.165, 1.54) is 6.20 Å². The van der Waals surface area contributed by atoms with Gasteiger partial charge >= 0.3 is 11.8 Å². The molecule has 0 radical (unpaired) electrons. The highest BCUT2D eigenvalue weighted by atomic mass is 16.6. The first kappa shape index (κ1) is 11.1. The normalized spacial score (nSPS) is 14.5. The molecule has 0 amide bonds. The fourth-order valence-corrected chi connectivity index (χ4v) is 0.919. The van der Waals surface area contributed by atoms with Gasteiger partial charge in [0.15, 0.2) is 5.60 Å². The van der Waals surface area contributed by atoms with Crippen LogP contribution >= 0.6 is 0 Å². The molecule has 2 N–H and O–H groups in total. The lowest BCUT2D eigenvalue weighted by Gasteiger charge is -2.15. The maximum atomic E-state index is 10.5. The topological polar surface area (TPSA) is 118 Å². The van der Waals surface area contributed by atoms with E-state index in [0.29, 0.717) is 0 Å². The molecule has 8 nitrogen and oxygen atoms in total. The molecular weight excluding hydrogens is 206 g/mol. The third-order valence-electron chi connectivity index (χ3n) is 1.74. The highest BCUT2D eigenvalue weighted by Crippen LogP contribution is 2.10. The van der Waals surface area contributed by atoms with Crippen molar-refractivity contribution in [2.75, 3.05) is 0 Å². The molecule has 0 fully saturated rings. The van der Waals surface area contributed by atoms with Crippen molar-refractivity contribution in [3.63, 3.8) is 0 Å². The van der Waals surface area contributed by atoms with Crippen LogP contribution in [0.1, 0.15) is 6.92 Å². The minimum Gasteiger partial charge on any atom is -0.479 e. The van der Waals surface area contributed by atoms with E-state index >= 15 is 0 Å². The summed E-state index contributed by atoms with van der Waals surface area (Å²) in [5.74, 6) is -1.81. The first-order valence-corrected chi connectivity index (χ1v) is 3.96. The Hall–Kier alpha value is -1.96. The van der Waals surface area contributed by atoms with Gasteiger partial charge in [-0.1, -0.05) is 0 Å². The van der Waals surface area contributed by atoms with Crippen LogP contribution in [0.2, 0.25) is 0 Å². The molecule has 1 atom stereocenters. The van der Waals surface area contributed by atoms with Gasteiger partial charge in [0.1, 0.15) is 6.54 Å². The summed E-state index contributed by atoms with van der Waals surface area (Å²) in [5, 5.41) is 31.7. The summed E-state index contributed by atoms with van der Waals surface area (Å²) >= 11 is 0. The van der Waals surface area contributed by atoms with Gasteiger partial charge < -0.3 is 20.3 Å². The van der Waals surface area contributed by atoms with E-state index < -0.39 is 22.3 Å². The van der Waals surface area contributed by atoms with Crippen molar-refractivity contribution in [2.45, 2.75) is 19.1 Å². The molecule has 15 heavy (non-hydrogen) atoms. The predicted molar refractivity (Wildman–Crippen MR) is 47.1 cm³/mol. The summed E-state index contributed by atoms with van der Waals surface area (Å²) in [6.45, 7) is 0.735. The summed E-state index contributed by atoms with van der Waals surface area (Å²) in [7, 11) is 0. The molecular formula is C7H9N3O5. The molecule has 1 aromatic heterocycles. The lowest BCUT2D eigenvalue weighted by atomic mass is 10.1. The molecule has 0 saturated heterocycles. The van der Waals surface area contributed by atoms with Crippen LogP contribution in [-0.4, -0.2) is 36.5 Å². The number of carboxylic acid groups (broad SMARTS) is 1. The fourth-order valence-electron chi connectivity index (χ4n) is 0.919. The van der Waals surface area contributed by atoms with E-state index in [1.807, 2.05) is 0 Å². The summed E-state index contributed by atoms with van der Waals surface area (Å²) in [4.78, 5) is 20.1. The average molecular weight is 215 g/mol. The van der Waals surface area contributed by atoms with Crippen molar-refractivity contribution in [1.82, 2.24) is 9.78 Å². The molecule has 1 aromatic rings. The Morgan fingerprint density at radius 3 is 2.80 bits per heavy atom. The van der Waals surface area contributed by atoms with E-state index in [2.05, 4.69) is 5.10 Å². The van der Waals surface area contributed by atoms with Gasteiger partial charge in [-0.15, -0.1) is 0 Å². The quantitative estimate of drug-likeness (QED) is 0.522. The second-order valence-corrected chi connectivity index (χ2v) is 3.21. The lowest BCUT2D eigenvalue weighted by Crippen LogP contribution is -2.39. The molecule has 0 aliphatic carbocycles. The SMILES string of the molecule is CC(O)(Cn1ccc([N+](=O)[O-])n1)C(=O)O. The van der Waals surface area contributed by atoms with Crippen LogP contribution in [0.4, 0.5) is 5.82 Å². The van der Waals surface area contributed by atoms with Crippen molar-refractivity contribution >= 4 is 11.8 Å². The molecule has 0 aromatic carbocycles. The third kappa shape index (κ3) is 2.50. The van der Waals surface area contributed by atoms with Crippen molar-refractivity contribution in [3.05, 3.63) is 22.4 Å². The van der Waals surface area contributed by atoms with Crippen molar-refractivity contribution in [1.29, 1.82) is 0 Å². The van der Waals surface area contributed by atoms with Gasteiger partial charge in [0.05, 0.1) is 17.4 Å². The minimum absolute atomic E-state index is 0.351. The van der Waals surface area contributed by atoms with Crippen LogP contribution in [-0.2, 0) is 11.3 Å². The molecule has 0 aliphatic heterocycles. The first-order valence-electron chi connectivity index (χ1n) is 3.96. The number of hydrogen-bond donors (Lipinski definition) is 2. The highest BCUT2D eigenvalue weighted by molar-refractivity contribution is 5.76. The highest BCUT2D eigenvalue weighted by Gasteiger charge is 2.32. The van der Waals surface area contributed by atoms with Crippen LogP contribution in [0.5, 0.6) is 0 Å². The van der Waals surface area contributed by atoms with Crippen LogP contribution in [0, 0.1) is 10.1 Å². The molecule has 1 heterocycles. The number of hydrogen-bond acceptors (Lipinski definition) is 5. The van der Waals surface area contributed by atoms with E-state index in [0.717, 1.165) is 17.7 Å². The monoisotopic (exact) mass is 215 g/mol. The predicted octanol–water partition coefficient (Wildman–Crippen LogP) is -0.373. The number of nitro groups is 1. The van der Waals surface area contributed by atoms with Gasteiger partial charge in [-0.25, -0.2) is 4.79 Å². The molecule has 82 valence electrons. The van der Waals surface area contributed by atoms with Crippen LogP contribution in [0.3, 0.4) is 0 Å². The zero-order valence-electron chi connectivity index (χ0n) is 7.82. The number of aliphatic carboxylic acids is 1. The maximum absolute atomic E-state index is 10.5. The molecule has 8 heteroatoms. The summed E-state index contributed by atoms with van der Waals surface area (Å²) in [6, 6.07) is 1.12. The van der Waals surface area contributed by atoms with Crippen molar-refractivity contribution in [2.24, 2.45) is 0 Å². The Labute approximate surface area is 83.9 Å². The second-order valence-electron chi connectivity index (χ2n) is 3.21. The lowest BCUT2D eigenvalue weighted by molar-refractivity contribution is -0.389. The summed E-state index contributed by atoms with van der Waals surface area (Å²) in [5.41, 5.74) is -2.00. The Bertz CT molecular complexity index is 397. The van der Waals surface area contributed by atoms with Gasteiger partial charge in [-0.3, -0.25) is 0 Å². The second kappa shape index (κ2) is 3.65. The van der Waals surface area contributed by atoms with Gasteiger partial charge in [0, 0.05) is 0 Å². The van der Waals surface area contributed by atoms with Crippen molar-refractivity contribution < 1.29 is 19.9 Å². The molecule has 0 aliphatic rings.